The van der Waals surface area contributed by atoms with E-state index in [9.17, 15) is 9.18 Å². The number of carbonyl (C=O) groups excluding carboxylic acids is 1. The highest BCUT2D eigenvalue weighted by Crippen LogP contribution is 2.35. The molecule has 0 saturated heterocycles. The number of halogens is 1. The van der Waals surface area contributed by atoms with Gasteiger partial charge in [-0.1, -0.05) is 22.8 Å². The number of allylic oxidation sites excluding steroid dienone is 1. The Balaban J connectivity index is 1.92. The lowest BCUT2D eigenvalue weighted by molar-refractivity contribution is -0.900. The van der Waals surface area contributed by atoms with Crippen molar-refractivity contribution in [3.05, 3.63) is 59.1 Å². The van der Waals surface area contributed by atoms with Crippen molar-refractivity contribution in [1.82, 2.24) is 5.32 Å². The van der Waals surface area contributed by atoms with E-state index < -0.39 is 5.54 Å². The van der Waals surface area contributed by atoms with Crippen LogP contribution >= 0.6 is 0 Å². The molecule has 2 aliphatic rings. The molecule has 2 atom stereocenters. The fourth-order valence-corrected chi connectivity index (χ4v) is 3.81. The Bertz CT molecular complexity index is 822. The molecule has 1 N–H and O–H groups in total. The molecule has 2 aliphatic heterocycles. The summed E-state index contributed by atoms with van der Waals surface area (Å²) in [6, 6.07) is 6.60. The average Bonchev–Trinajstić information content (AvgIpc) is 2.94. The van der Waals surface area contributed by atoms with Crippen molar-refractivity contribution in [2.24, 2.45) is 5.10 Å². The van der Waals surface area contributed by atoms with Crippen LogP contribution in [-0.4, -0.2) is 28.8 Å². The monoisotopic (exact) mass is 356 g/mol. The van der Waals surface area contributed by atoms with Gasteiger partial charge in [-0.3, -0.25) is 4.79 Å². The molecule has 0 spiro atoms. The Morgan fingerprint density at radius 2 is 1.92 bits per heavy atom. The Morgan fingerprint density at radius 3 is 2.42 bits per heavy atom. The summed E-state index contributed by atoms with van der Waals surface area (Å²) in [6.45, 7) is 10.8. The molecule has 0 bridgehead atoms. The number of nitrogens with one attached hydrogen (secondary N) is 1. The fraction of sp³-hybridized carbons (Fsp3) is 0.429. The molecule has 138 valence electrons. The van der Waals surface area contributed by atoms with Gasteiger partial charge in [-0.25, -0.2) is 4.39 Å². The Hall–Kier alpha value is -2.27. The van der Waals surface area contributed by atoms with Gasteiger partial charge in [0.25, 0.3) is 5.91 Å². The molecular formula is C21H27FN3O+. The SMILES string of the molecule is CC1=N[N+](CC2=C(C)CC(C)(c3ccc(F)cc3)NC2=O)(C(C)C)C=C1. The Morgan fingerprint density at radius 1 is 1.27 bits per heavy atom. The van der Waals surface area contributed by atoms with Crippen LogP contribution in [0.4, 0.5) is 4.39 Å². The smallest absolute Gasteiger partial charge is 0.253 e. The number of hydrogen-bond donors (Lipinski definition) is 1. The van der Waals surface area contributed by atoms with E-state index in [2.05, 4.69) is 25.4 Å². The molecule has 0 saturated carbocycles. The molecule has 2 unspecified atom stereocenters. The molecule has 0 radical (unpaired) electrons. The normalized spacial score (nSPS) is 28.6. The number of rotatable bonds is 4. The van der Waals surface area contributed by atoms with Gasteiger partial charge in [0.2, 0.25) is 0 Å². The van der Waals surface area contributed by atoms with Crippen LogP contribution < -0.4 is 5.32 Å². The summed E-state index contributed by atoms with van der Waals surface area (Å²) >= 11 is 0. The van der Waals surface area contributed by atoms with Gasteiger partial charge in [-0.2, -0.15) is 4.59 Å². The maximum Gasteiger partial charge on any atom is 0.253 e. The first kappa shape index (κ1) is 18.5. The van der Waals surface area contributed by atoms with Gasteiger partial charge in [0.15, 0.2) is 0 Å². The highest BCUT2D eigenvalue weighted by atomic mass is 19.1. The average molecular weight is 356 g/mol. The fourth-order valence-electron chi connectivity index (χ4n) is 3.81. The zero-order chi connectivity index (χ0) is 19.1. The molecule has 1 aromatic rings. The van der Waals surface area contributed by atoms with Crippen molar-refractivity contribution in [1.29, 1.82) is 0 Å². The molecule has 5 heteroatoms. The summed E-state index contributed by atoms with van der Waals surface area (Å²) in [4.78, 5) is 13.0. The van der Waals surface area contributed by atoms with E-state index in [-0.39, 0.29) is 17.8 Å². The van der Waals surface area contributed by atoms with Crippen molar-refractivity contribution in [2.75, 3.05) is 6.54 Å². The van der Waals surface area contributed by atoms with Gasteiger partial charge in [-0.15, -0.1) is 0 Å². The number of hydrogen-bond acceptors (Lipinski definition) is 2. The van der Waals surface area contributed by atoms with Gasteiger partial charge in [0.1, 0.15) is 24.6 Å². The Kier molecular flexibility index (Phi) is 4.61. The zero-order valence-corrected chi connectivity index (χ0v) is 16.1. The molecule has 0 fully saturated rings. The van der Waals surface area contributed by atoms with Gasteiger partial charge < -0.3 is 5.32 Å². The summed E-state index contributed by atoms with van der Waals surface area (Å²) in [5.41, 5.74) is 3.21. The van der Waals surface area contributed by atoms with Gasteiger partial charge in [0, 0.05) is 6.08 Å². The lowest BCUT2D eigenvalue weighted by Gasteiger charge is -2.39. The third-order valence-corrected chi connectivity index (χ3v) is 5.50. The summed E-state index contributed by atoms with van der Waals surface area (Å²) in [7, 11) is 0. The number of carbonyl (C=O) groups is 1. The summed E-state index contributed by atoms with van der Waals surface area (Å²) in [5.74, 6) is -0.336. The van der Waals surface area contributed by atoms with E-state index in [1.807, 2.05) is 26.8 Å². The van der Waals surface area contributed by atoms with Crippen LogP contribution in [0.1, 0.15) is 46.6 Å². The number of quaternary nitrogens is 1. The van der Waals surface area contributed by atoms with E-state index in [1.165, 1.54) is 12.1 Å². The highest BCUT2D eigenvalue weighted by Gasteiger charge is 2.41. The topological polar surface area (TPSA) is 41.5 Å². The summed E-state index contributed by atoms with van der Waals surface area (Å²) in [5, 5.41) is 7.92. The van der Waals surface area contributed by atoms with Crippen molar-refractivity contribution < 1.29 is 13.8 Å². The molecule has 4 nitrogen and oxygen atoms in total. The van der Waals surface area contributed by atoms with Crippen LogP contribution in [0.15, 0.2) is 52.8 Å². The van der Waals surface area contributed by atoms with Crippen molar-refractivity contribution >= 4 is 11.6 Å². The first-order chi connectivity index (χ1) is 12.2. The number of benzene rings is 1. The molecule has 3 rings (SSSR count). The zero-order valence-electron chi connectivity index (χ0n) is 16.1. The van der Waals surface area contributed by atoms with Crippen LogP contribution in [0.3, 0.4) is 0 Å². The quantitative estimate of drug-likeness (QED) is 0.814. The molecule has 2 heterocycles. The maximum atomic E-state index is 13.3. The van der Waals surface area contributed by atoms with Gasteiger partial charge in [-0.05, 0) is 58.7 Å². The molecule has 0 aliphatic carbocycles. The first-order valence-corrected chi connectivity index (χ1v) is 9.06. The minimum atomic E-state index is -0.527. The van der Waals surface area contributed by atoms with E-state index in [4.69, 9.17) is 5.10 Å². The second-order valence-corrected chi connectivity index (χ2v) is 7.92. The van der Waals surface area contributed by atoms with Crippen LogP contribution in [0, 0.1) is 5.82 Å². The van der Waals surface area contributed by atoms with Crippen LogP contribution in [0.25, 0.3) is 0 Å². The van der Waals surface area contributed by atoms with Crippen LogP contribution in [0.2, 0.25) is 0 Å². The second kappa shape index (κ2) is 6.47. The van der Waals surface area contributed by atoms with Crippen molar-refractivity contribution in [2.45, 2.75) is 52.6 Å². The predicted molar refractivity (Wildman–Crippen MR) is 102 cm³/mol. The lowest BCUT2D eigenvalue weighted by atomic mass is 9.81. The third-order valence-electron chi connectivity index (χ3n) is 5.50. The molecule has 0 aromatic heterocycles. The van der Waals surface area contributed by atoms with E-state index in [0.29, 0.717) is 17.6 Å². The van der Waals surface area contributed by atoms with Crippen LogP contribution in [0.5, 0.6) is 0 Å². The molecule has 1 amide bonds. The van der Waals surface area contributed by atoms with E-state index in [1.54, 1.807) is 12.1 Å². The van der Waals surface area contributed by atoms with Crippen molar-refractivity contribution in [3.8, 4) is 0 Å². The standard InChI is InChI=1S/C21H26FN3O/c1-14(2)25(11-10-16(4)24-25)13-19-15(3)12-21(5,23-20(19)26)17-6-8-18(22)9-7-17/h6-11,14H,12-13H2,1-5H3/p+1. The summed E-state index contributed by atoms with van der Waals surface area (Å²) in [6.07, 6.45) is 4.78. The number of nitrogens with zero attached hydrogens (tertiary/aromatic N) is 2. The molecular weight excluding hydrogens is 329 g/mol. The van der Waals surface area contributed by atoms with Crippen LogP contribution in [-0.2, 0) is 10.3 Å². The summed E-state index contributed by atoms with van der Waals surface area (Å²) < 4.78 is 13.7. The lowest BCUT2D eigenvalue weighted by Crippen LogP contribution is -2.52. The molecule has 26 heavy (non-hydrogen) atoms. The molecule has 1 aromatic carbocycles. The van der Waals surface area contributed by atoms with E-state index >= 15 is 0 Å². The van der Waals surface area contributed by atoms with Crippen molar-refractivity contribution in [3.63, 3.8) is 0 Å². The van der Waals surface area contributed by atoms with Gasteiger partial charge in [0.05, 0.1) is 16.8 Å². The minimum absolute atomic E-state index is 0.0631. The largest absolute Gasteiger partial charge is 0.343 e. The minimum Gasteiger partial charge on any atom is -0.343 e. The Labute approximate surface area is 154 Å². The highest BCUT2D eigenvalue weighted by molar-refractivity contribution is 5.96. The maximum absolute atomic E-state index is 13.3. The third kappa shape index (κ3) is 3.23. The van der Waals surface area contributed by atoms with Gasteiger partial charge >= 0.3 is 0 Å². The van der Waals surface area contributed by atoms with E-state index in [0.717, 1.165) is 22.4 Å². The number of amides is 1. The first-order valence-electron chi connectivity index (χ1n) is 9.06. The predicted octanol–water partition coefficient (Wildman–Crippen LogP) is 4.01. The second-order valence-electron chi connectivity index (χ2n) is 7.92.